The minimum atomic E-state index is -0.407. The molecule has 2 amide bonds. The molecule has 1 saturated heterocycles. The Bertz CT molecular complexity index is 532. The van der Waals surface area contributed by atoms with Gasteiger partial charge in [-0.2, -0.15) is 0 Å². The van der Waals surface area contributed by atoms with Gasteiger partial charge in [0.1, 0.15) is 0 Å². The standard InChI is InChI=1S/C17H23N3O2/c21-16(18-11-12-6-2-1-3-7-12)10-15-17(22)20-14-9-5-4-8-13(14)19-15/h1-3,6-7,13-15,19H,4-5,8-11H2,(H,18,21)(H,20,22)/t13-,14-,15+/m1/s1. The van der Waals surface area contributed by atoms with E-state index in [0.29, 0.717) is 12.6 Å². The van der Waals surface area contributed by atoms with Gasteiger partial charge in [0, 0.05) is 18.6 Å². The van der Waals surface area contributed by atoms with E-state index >= 15 is 0 Å². The summed E-state index contributed by atoms with van der Waals surface area (Å²) in [5.74, 6) is -0.135. The van der Waals surface area contributed by atoms with Crippen LogP contribution in [0.2, 0.25) is 0 Å². The summed E-state index contributed by atoms with van der Waals surface area (Å²) in [7, 11) is 0. The van der Waals surface area contributed by atoms with Crippen LogP contribution >= 0.6 is 0 Å². The number of rotatable bonds is 4. The second kappa shape index (κ2) is 6.92. The Morgan fingerprint density at radius 3 is 2.64 bits per heavy atom. The Morgan fingerprint density at radius 2 is 1.86 bits per heavy atom. The van der Waals surface area contributed by atoms with Crippen molar-refractivity contribution in [3.05, 3.63) is 35.9 Å². The van der Waals surface area contributed by atoms with E-state index in [1.54, 1.807) is 0 Å². The van der Waals surface area contributed by atoms with Crippen LogP contribution in [0.5, 0.6) is 0 Å². The molecule has 118 valence electrons. The summed E-state index contributed by atoms with van der Waals surface area (Å²) in [6.45, 7) is 0.500. The van der Waals surface area contributed by atoms with Gasteiger partial charge in [0.05, 0.1) is 12.5 Å². The van der Waals surface area contributed by atoms with Crippen molar-refractivity contribution < 1.29 is 9.59 Å². The lowest BCUT2D eigenvalue weighted by Crippen LogP contribution is -2.65. The average molecular weight is 301 g/mol. The Balaban J connectivity index is 1.49. The maximum Gasteiger partial charge on any atom is 0.237 e. The van der Waals surface area contributed by atoms with Crippen LogP contribution in [0.4, 0.5) is 0 Å². The van der Waals surface area contributed by atoms with E-state index in [1.165, 1.54) is 12.8 Å². The third-order valence-electron chi connectivity index (χ3n) is 4.55. The lowest BCUT2D eigenvalue weighted by Gasteiger charge is -2.40. The zero-order chi connectivity index (χ0) is 15.4. The van der Waals surface area contributed by atoms with E-state index in [4.69, 9.17) is 0 Å². The summed E-state index contributed by atoms with van der Waals surface area (Å²) in [4.78, 5) is 24.2. The molecule has 1 saturated carbocycles. The molecule has 0 bridgehead atoms. The number of nitrogens with one attached hydrogen (secondary N) is 3. The predicted molar refractivity (Wildman–Crippen MR) is 84.0 cm³/mol. The maximum absolute atomic E-state index is 12.1. The van der Waals surface area contributed by atoms with Gasteiger partial charge >= 0.3 is 0 Å². The summed E-state index contributed by atoms with van der Waals surface area (Å²) < 4.78 is 0. The normalized spacial score (nSPS) is 27.6. The Labute approximate surface area is 130 Å². The highest BCUT2D eigenvalue weighted by atomic mass is 16.2. The van der Waals surface area contributed by atoms with Gasteiger partial charge in [0.15, 0.2) is 0 Å². The number of benzene rings is 1. The third-order valence-corrected chi connectivity index (χ3v) is 4.55. The van der Waals surface area contributed by atoms with Crippen LogP contribution in [0.3, 0.4) is 0 Å². The average Bonchev–Trinajstić information content (AvgIpc) is 2.55. The molecule has 22 heavy (non-hydrogen) atoms. The molecule has 1 aromatic rings. The maximum atomic E-state index is 12.1. The summed E-state index contributed by atoms with van der Waals surface area (Å²) in [5.41, 5.74) is 1.06. The minimum Gasteiger partial charge on any atom is -0.352 e. The Morgan fingerprint density at radius 1 is 1.14 bits per heavy atom. The summed E-state index contributed by atoms with van der Waals surface area (Å²) in [6, 6.07) is 9.93. The van der Waals surface area contributed by atoms with Crippen LogP contribution < -0.4 is 16.0 Å². The van der Waals surface area contributed by atoms with Crippen LogP contribution in [0, 0.1) is 0 Å². The highest BCUT2D eigenvalue weighted by Gasteiger charge is 2.36. The van der Waals surface area contributed by atoms with E-state index in [0.717, 1.165) is 18.4 Å². The van der Waals surface area contributed by atoms with E-state index in [1.807, 2.05) is 30.3 Å². The van der Waals surface area contributed by atoms with Crippen LogP contribution in [-0.2, 0) is 16.1 Å². The van der Waals surface area contributed by atoms with Crippen molar-refractivity contribution in [1.82, 2.24) is 16.0 Å². The van der Waals surface area contributed by atoms with Crippen LogP contribution in [0.1, 0.15) is 37.7 Å². The molecule has 0 unspecified atom stereocenters. The molecule has 0 spiro atoms. The van der Waals surface area contributed by atoms with Crippen molar-refractivity contribution in [3.8, 4) is 0 Å². The van der Waals surface area contributed by atoms with Crippen molar-refractivity contribution in [2.24, 2.45) is 0 Å². The molecule has 0 radical (unpaired) electrons. The molecule has 0 aromatic heterocycles. The van der Waals surface area contributed by atoms with Crippen LogP contribution in [-0.4, -0.2) is 29.9 Å². The first-order chi connectivity index (χ1) is 10.7. The van der Waals surface area contributed by atoms with Gasteiger partial charge in [-0.05, 0) is 18.4 Å². The molecular formula is C17H23N3O2. The summed E-state index contributed by atoms with van der Waals surface area (Å²) in [5, 5.41) is 9.31. The van der Waals surface area contributed by atoms with Crippen molar-refractivity contribution >= 4 is 11.8 Å². The molecular weight excluding hydrogens is 278 g/mol. The lowest BCUT2D eigenvalue weighted by atomic mass is 9.87. The SMILES string of the molecule is O=C(C[C@@H]1N[C@@H]2CCCC[C@H]2NC1=O)NCc1ccccc1. The van der Waals surface area contributed by atoms with Crippen molar-refractivity contribution in [1.29, 1.82) is 0 Å². The van der Waals surface area contributed by atoms with Gasteiger partial charge in [-0.1, -0.05) is 43.2 Å². The van der Waals surface area contributed by atoms with Crippen LogP contribution in [0.15, 0.2) is 30.3 Å². The minimum absolute atomic E-state index is 0.0435. The molecule has 3 rings (SSSR count). The van der Waals surface area contributed by atoms with Crippen molar-refractivity contribution in [2.75, 3.05) is 0 Å². The number of carbonyl (C=O) groups excluding carboxylic acids is 2. The monoisotopic (exact) mass is 301 g/mol. The molecule has 2 fully saturated rings. The first kappa shape index (κ1) is 15.0. The smallest absolute Gasteiger partial charge is 0.237 e. The topological polar surface area (TPSA) is 70.2 Å². The second-order valence-electron chi connectivity index (χ2n) is 6.19. The molecule has 1 heterocycles. The Kier molecular flexibility index (Phi) is 4.73. The van der Waals surface area contributed by atoms with E-state index in [9.17, 15) is 9.59 Å². The van der Waals surface area contributed by atoms with Gasteiger partial charge in [-0.15, -0.1) is 0 Å². The zero-order valence-corrected chi connectivity index (χ0v) is 12.7. The van der Waals surface area contributed by atoms with E-state index in [-0.39, 0.29) is 24.3 Å². The molecule has 3 atom stereocenters. The molecule has 2 aliphatic rings. The number of fused-ring (bicyclic) bond motifs is 1. The number of carbonyl (C=O) groups is 2. The number of hydrogen-bond acceptors (Lipinski definition) is 3. The van der Waals surface area contributed by atoms with Crippen LogP contribution in [0.25, 0.3) is 0 Å². The first-order valence-corrected chi connectivity index (χ1v) is 8.09. The highest BCUT2D eigenvalue weighted by Crippen LogP contribution is 2.22. The third kappa shape index (κ3) is 3.65. The quantitative estimate of drug-likeness (QED) is 0.780. The fourth-order valence-corrected chi connectivity index (χ4v) is 3.33. The molecule has 5 heteroatoms. The molecule has 5 nitrogen and oxygen atoms in total. The second-order valence-corrected chi connectivity index (χ2v) is 6.19. The molecule has 1 aliphatic carbocycles. The van der Waals surface area contributed by atoms with Crippen molar-refractivity contribution in [2.45, 2.75) is 56.8 Å². The fraction of sp³-hybridized carbons (Fsp3) is 0.529. The summed E-state index contributed by atoms with van der Waals surface area (Å²) >= 11 is 0. The first-order valence-electron chi connectivity index (χ1n) is 8.09. The molecule has 1 aliphatic heterocycles. The predicted octanol–water partition coefficient (Wildman–Crippen LogP) is 1.09. The van der Waals surface area contributed by atoms with Crippen molar-refractivity contribution in [3.63, 3.8) is 0 Å². The van der Waals surface area contributed by atoms with Gasteiger partial charge in [0.2, 0.25) is 11.8 Å². The molecule has 3 N–H and O–H groups in total. The lowest BCUT2D eigenvalue weighted by molar-refractivity contribution is -0.131. The number of amides is 2. The molecule has 1 aromatic carbocycles. The van der Waals surface area contributed by atoms with Gasteiger partial charge in [-0.25, -0.2) is 0 Å². The summed E-state index contributed by atoms with van der Waals surface area (Å²) in [6.07, 6.45) is 4.67. The van der Waals surface area contributed by atoms with Gasteiger partial charge < -0.3 is 16.0 Å². The number of hydrogen-bond donors (Lipinski definition) is 3. The van der Waals surface area contributed by atoms with E-state index < -0.39 is 6.04 Å². The van der Waals surface area contributed by atoms with Gasteiger partial charge in [0.25, 0.3) is 0 Å². The largest absolute Gasteiger partial charge is 0.352 e. The van der Waals surface area contributed by atoms with E-state index in [2.05, 4.69) is 16.0 Å². The number of piperazine rings is 1. The fourth-order valence-electron chi connectivity index (χ4n) is 3.33. The Hall–Kier alpha value is -1.88. The van der Waals surface area contributed by atoms with Gasteiger partial charge in [-0.3, -0.25) is 9.59 Å². The zero-order valence-electron chi connectivity index (χ0n) is 12.7. The highest BCUT2D eigenvalue weighted by molar-refractivity contribution is 5.89.